The molecule has 1 aliphatic heterocycles. The summed E-state index contributed by atoms with van der Waals surface area (Å²) in [4.78, 5) is 30.7. The molecule has 2 heterocycles. The summed E-state index contributed by atoms with van der Waals surface area (Å²) in [5.41, 5.74) is 12.3. The number of hydrogen-bond acceptors (Lipinski definition) is 5. The highest BCUT2D eigenvalue weighted by Gasteiger charge is 2.30. The van der Waals surface area contributed by atoms with Crippen molar-refractivity contribution < 1.29 is 9.59 Å². The number of carbonyl (C=O) groups excluding carboxylic acids is 2. The molecule has 1 unspecified atom stereocenters. The van der Waals surface area contributed by atoms with Crippen molar-refractivity contribution in [2.24, 2.45) is 17.4 Å². The molecule has 3 rings (SSSR count). The Balaban J connectivity index is 0.00000225. The number of halogens is 2. The summed E-state index contributed by atoms with van der Waals surface area (Å²) in [5.74, 6) is 0.258. The zero-order valence-electron chi connectivity index (χ0n) is 16.9. The average molecular weight is 454 g/mol. The van der Waals surface area contributed by atoms with E-state index in [-0.39, 0.29) is 42.5 Å². The fourth-order valence-corrected chi connectivity index (χ4v) is 3.50. The van der Waals surface area contributed by atoms with Gasteiger partial charge in [-0.15, -0.1) is 24.8 Å². The van der Waals surface area contributed by atoms with Crippen LogP contribution < -0.4 is 21.7 Å². The molecule has 5 N–H and O–H groups in total. The van der Waals surface area contributed by atoms with Crippen LogP contribution >= 0.6 is 24.8 Å². The van der Waals surface area contributed by atoms with E-state index in [1.54, 1.807) is 13.1 Å². The van der Waals surface area contributed by atoms with Gasteiger partial charge >= 0.3 is 0 Å². The highest BCUT2D eigenvalue weighted by Crippen LogP contribution is 2.25. The van der Waals surface area contributed by atoms with Crippen molar-refractivity contribution in [2.75, 3.05) is 18.0 Å². The average Bonchev–Trinajstić information content (AvgIpc) is 2.73. The Morgan fingerprint density at radius 3 is 2.37 bits per heavy atom. The minimum atomic E-state index is -1.12. The molecular weight excluding hydrogens is 425 g/mol. The zero-order chi connectivity index (χ0) is 20.1. The Bertz CT molecular complexity index is 840. The van der Waals surface area contributed by atoms with E-state index in [1.807, 2.05) is 42.5 Å². The van der Waals surface area contributed by atoms with Crippen LogP contribution in [-0.2, 0) is 21.7 Å². The predicted octanol–water partition coefficient (Wildman–Crippen LogP) is 2.12. The second kappa shape index (κ2) is 11.2. The van der Waals surface area contributed by atoms with Crippen molar-refractivity contribution in [1.82, 2.24) is 10.3 Å². The summed E-state index contributed by atoms with van der Waals surface area (Å²) in [6.07, 6.45) is 3.16. The zero-order valence-corrected chi connectivity index (χ0v) is 18.5. The van der Waals surface area contributed by atoms with E-state index in [0.717, 1.165) is 16.9 Å². The molecule has 1 aromatic heterocycles. The van der Waals surface area contributed by atoms with Gasteiger partial charge in [-0.2, -0.15) is 0 Å². The summed E-state index contributed by atoms with van der Waals surface area (Å²) >= 11 is 0. The predicted molar refractivity (Wildman–Crippen MR) is 123 cm³/mol. The fraction of sp³-hybridized carbons (Fsp3) is 0.381. The Morgan fingerprint density at radius 2 is 1.77 bits per heavy atom. The Hall–Kier alpha value is -2.35. The third kappa shape index (κ3) is 5.84. The van der Waals surface area contributed by atoms with Gasteiger partial charge < -0.3 is 21.7 Å². The molecule has 30 heavy (non-hydrogen) atoms. The van der Waals surface area contributed by atoms with Crippen LogP contribution in [0.4, 0.5) is 5.82 Å². The number of rotatable bonds is 6. The molecular formula is C21H29Cl2N5O2. The molecule has 1 aliphatic rings. The van der Waals surface area contributed by atoms with E-state index in [2.05, 4.69) is 15.2 Å². The third-order valence-corrected chi connectivity index (χ3v) is 5.35. The summed E-state index contributed by atoms with van der Waals surface area (Å²) in [6, 6.07) is 13.1. The topological polar surface area (TPSA) is 114 Å². The van der Waals surface area contributed by atoms with Gasteiger partial charge in [0.2, 0.25) is 11.8 Å². The van der Waals surface area contributed by atoms with Crippen molar-refractivity contribution in [1.29, 1.82) is 0 Å². The molecule has 0 aliphatic carbocycles. The number of anilines is 1. The van der Waals surface area contributed by atoms with Gasteiger partial charge in [-0.1, -0.05) is 36.4 Å². The maximum Gasteiger partial charge on any atom is 0.244 e. The minimum Gasteiger partial charge on any atom is -0.369 e. The van der Waals surface area contributed by atoms with E-state index in [1.165, 1.54) is 0 Å². The Labute approximate surface area is 189 Å². The number of nitrogens with one attached hydrogen (secondary N) is 1. The first-order valence-corrected chi connectivity index (χ1v) is 9.50. The molecule has 7 nitrogen and oxygen atoms in total. The standard InChI is InChI=1S/C21H27N5O2.2ClH/c1-21(23,17-7-3-2-4-8-17)20(28)25-14-16-6-5-11-24-19(16)26-12-9-15(10-13-26)18(22)27;;/h2-8,11,15H,9-10,12-14,23H2,1H3,(H2,22,27)(H,25,28);2*1H. The molecule has 1 atom stereocenters. The van der Waals surface area contributed by atoms with Gasteiger partial charge in [-0.25, -0.2) is 4.98 Å². The summed E-state index contributed by atoms with van der Waals surface area (Å²) < 4.78 is 0. The lowest BCUT2D eigenvalue weighted by atomic mass is 9.92. The summed E-state index contributed by atoms with van der Waals surface area (Å²) in [7, 11) is 0. The number of amides is 2. The minimum absolute atomic E-state index is 0. The quantitative estimate of drug-likeness (QED) is 0.619. The maximum absolute atomic E-state index is 12.7. The molecule has 1 aromatic carbocycles. The lowest BCUT2D eigenvalue weighted by molar-refractivity contribution is -0.126. The van der Waals surface area contributed by atoms with Gasteiger partial charge in [0, 0.05) is 37.3 Å². The largest absolute Gasteiger partial charge is 0.369 e. The maximum atomic E-state index is 12.7. The molecule has 2 aromatic rings. The molecule has 164 valence electrons. The van der Waals surface area contributed by atoms with E-state index in [9.17, 15) is 9.59 Å². The molecule has 0 bridgehead atoms. The number of aromatic nitrogens is 1. The smallest absolute Gasteiger partial charge is 0.244 e. The summed E-state index contributed by atoms with van der Waals surface area (Å²) in [6.45, 7) is 3.46. The second-order valence-corrected chi connectivity index (χ2v) is 7.40. The number of piperidine rings is 1. The fourth-order valence-electron chi connectivity index (χ4n) is 3.50. The molecule has 9 heteroatoms. The van der Waals surface area contributed by atoms with Crippen molar-refractivity contribution >= 4 is 42.4 Å². The molecule has 0 spiro atoms. The first-order valence-electron chi connectivity index (χ1n) is 9.50. The Morgan fingerprint density at radius 1 is 1.13 bits per heavy atom. The van der Waals surface area contributed by atoms with Gasteiger partial charge in [0.15, 0.2) is 0 Å². The monoisotopic (exact) mass is 453 g/mol. The molecule has 1 saturated heterocycles. The van der Waals surface area contributed by atoms with Crippen LogP contribution in [0.25, 0.3) is 0 Å². The molecule has 2 amide bonds. The normalized spacial score (nSPS) is 15.9. The van der Waals surface area contributed by atoms with Crippen LogP contribution in [0.2, 0.25) is 0 Å². The second-order valence-electron chi connectivity index (χ2n) is 7.40. The van der Waals surface area contributed by atoms with Gasteiger partial charge in [0.1, 0.15) is 11.4 Å². The molecule has 0 saturated carbocycles. The van der Waals surface area contributed by atoms with Crippen LogP contribution in [0.3, 0.4) is 0 Å². The van der Waals surface area contributed by atoms with Crippen LogP contribution in [0, 0.1) is 5.92 Å². The first kappa shape index (κ1) is 25.7. The van der Waals surface area contributed by atoms with Crippen LogP contribution in [-0.4, -0.2) is 29.9 Å². The highest BCUT2D eigenvalue weighted by molar-refractivity contribution is 5.87. The lowest BCUT2D eigenvalue weighted by Gasteiger charge is -2.32. The molecule has 0 radical (unpaired) electrons. The van der Waals surface area contributed by atoms with Crippen LogP contribution in [0.15, 0.2) is 48.7 Å². The van der Waals surface area contributed by atoms with Crippen molar-refractivity contribution in [2.45, 2.75) is 31.8 Å². The van der Waals surface area contributed by atoms with Crippen LogP contribution in [0.5, 0.6) is 0 Å². The van der Waals surface area contributed by atoms with Crippen molar-refractivity contribution in [3.05, 3.63) is 59.8 Å². The van der Waals surface area contributed by atoms with Crippen LogP contribution in [0.1, 0.15) is 30.9 Å². The number of primary amides is 1. The summed E-state index contributed by atoms with van der Waals surface area (Å²) in [5, 5.41) is 2.94. The van der Waals surface area contributed by atoms with E-state index >= 15 is 0 Å². The number of pyridine rings is 1. The lowest BCUT2D eigenvalue weighted by Crippen LogP contribution is -2.48. The van der Waals surface area contributed by atoms with Gasteiger partial charge in [0.25, 0.3) is 0 Å². The number of carbonyl (C=O) groups is 2. The number of nitrogens with zero attached hydrogens (tertiary/aromatic N) is 2. The number of hydrogen-bond donors (Lipinski definition) is 3. The van der Waals surface area contributed by atoms with E-state index < -0.39 is 5.54 Å². The van der Waals surface area contributed by atoms with Crippen molar-refractivity contribution in [3.8, 4) is 0 Å². The van der Waals surface area contributed by atoms with E-state index in [4.69, 9.17) is 11.5 Å². The Kier molecular flexibility index (Phi) is 9.55. The van der Waals surface area contributed by atoms with Gasteiger partial charge in [-0.3, -0.25) is 9.59 Å². The number of nitrogens with two attached hydrogens (primary N) is 2. The third-order valence-electron chi connectivity index (χ3n) is 5.35. The SMILES string of the molecule is CC(N)(C(=O)NCc1cccnc1N1CCC(C(N)=O)CC1)c1ccccc1.Cl.Cl. The molecule has 1 fully saturated rings. The van der Waals surface area contributed by atoms with Gasteiger partial charge in [-0.05, 0) is 31.4 Å². The highest BCUT2D eigenvalue weighted by atomic mass is 35.5. The van der Waals surface area contributed by atoms with Gasteiger partial charge in [0.05, 0.1) is 0 Å². The number of benzene rings is 1. The van der Waals surface area contributed by atoms with E-state index in [0.29, 0.717) is 32.5 Å². The van der Waals surface area contributed by atoms with Crippen molar-refractivity contribution in [3.63, 3.8) is 0 Å². The first-order chi connectivity index (χ1) is 13.4.